The Morgan fingerprint density at radius 1 is 1.00 bits per heavy atom. The Balaban J connectivity index is 0.00000161. The van der Waals surface area contributed by atoms with Crippen molar-refractivity contribution in [2.75, 3.05) is 0 Å². The normalized spacial score (nSPS) is 10.1. The van der Waals surface area contributed by atoms with Crippen LogP contribution in [0.3, 0.4) is 0 Å². The molecule has 1 aromatic heterocycles. The van der Waals surface area contributed by atoms with E-state index in [9.17, 15) is 4.79 Å². The van der Waals surface area contributed by atoms with Crippen LogP contribution in [0, 0.1) is 6.92 Å². The minimum Gasteiger partial charge on any atom is -1.00 e. The number of carbonyl (C=O) groups excluding carboxylic acids is 1. The molecule has 0 spiro atoms. The number of halogens is 1. The van der Waals surface area contributed by atoms with Crippen molar-refractivity contribution in [1.29, 1.82) is 0 Å². The van der Waals surface area contributed by atoms with E-state index in [0.29, 0.717) is 6.54 Å². The van der Waals surface area contributed by atoms with E-state index in [4.69, 9.17) is 0 Å². The zero-order valence-corrected chi connectivity index (χ0v) is 13.4. The van der Waals surface area contributed by atoms with E-state index in [1.54, 1.807) is 0 Å². The largest absolute Gasteiger partial charge is 1.00 e. The molecule has 3 aromatic rings. The lowest BCUT2D eigenvalue weighted by Crippen LogP contribution is -3.00. The standard InChI is InChI=1S/C18H16NO.BrH/c1-14-5-4-10-19(12-14)13-18(20)17-9-8-15-6-2-3-7-16(15)11-17;/h2-12H,13H2,1H3;1H/q+1;/p-1. The Morgan fingerprint density at radius 3 is 2.52 bits per heavy atom. The monoisotopic (exact) mass is 341 g/mol. The fourth-order valence-corrected chi connectivity index (χ4v) is 2.37. The van der Waals surface area contributed by atoms with Gasteiger partial charge in [-0.3, -0.25) is 4.79 Å². The van der Waals surface area contributed by atoms with Crippen LogP contribution in [0.15, 0.2) is 67.0 Å². The summed E-state index contributed by atoms with van der Waals surface area (Å²) in [6.45, 7) is 2.40. The van der Waals surface area contributed by atoms with Gasteiger partial charge in [-0.25, -0.2) is 0 Å². The molecule has 106 valence electrons. The summed E-state index contributed by atoms with van der Waals surface area (Å²) in [4.78, 5) is 12.3. The molecule has 3 rings (SSSR count). The van der Waals surface area contributed by atoms with Gasteiger partial charge >= 0.3 is 0 Å². The molecule has 1 heterocycles. The van der Waals surface area contributed by atoms with Gasteiger partial charge in [-0.05, 0) is 29.8 Å². The van der Waals surface area contributed by atoms with E-state index in [2.05, 4.69) is 6.07 Å². The molecule has 0 saturated heterocycles. The summed E-state index contributed by atoms with van der Waals surface area (Å²) in [5, 5.41) is 2.26. The fourth-order valence-electron chi connectivity index (χ4n) is 2.37. The molecule has 0 unspecified atom stereocenters. The van der Waals surface area contributed by atoms with Crippen molar-refractivity contribution in [2.24, 2.45) is 0 Å². The molecule has 0 aliphatic carbocycles. The topological polar surface area (TPSA) is 20.9 Å². The Hall–Kier alpha value is -2.00. The molecule has 2 nitrogen and oxygen atoms in total. The summed E-state index contributed by atoms with van der Waals surface area (Å²) in [7, 11) is 0. The maximum Gasteiger partial charge on any atom is 0.227 e. The second-order valence-electron chi connectivity index (χ2n) is 5.04. The lowest BCUT2D eigenvalue weighted by molar-refractivity contribution is -0.683. The van der Waals surface area contributed by atoms with Gasteiger partial charge < -0.3 is 17.0 Å². The van der Waals surface area contributed by atoms with Gasteiger partial charge in [0.25, 0.3) is 0 Å². The van der Waals surface area contributed by atoms with Crippen LogP contribution < -0.4 is 21.5 Å². The molecule has 0 fully saturated rings. The minimum atomic E-state index is 0. The van der Waals surface area contributed by atoms with Crippen LogP contribution in [0.25, 0.3) is 10.8 Å². The van der Waals surface area contributed by atoms with E-state index < -0.39 is 0 Å². The lowest BCUT2D eigenvalue weighted by atomic mass is 10.0. The Bertz CT molecular complexity index is 783. The predicted octanol–water partition coefficient (Wildman–Crippen LogP) is 0.323. The second kappa shape index (κ2) is 6.64. The lowest BCUT2D eigenvalue weighted by Gasteiger charge is -2.02. The SMILES string of the molecule is Cc1ccc[n+](CC(=O)c2ccc3ccccc3c2)c1.[Br-]. The summed E-state index contributed by atoms with van der Waals surface area (Å²) >= 11 is 0. The third kappa shape index (κ3) is 3.56. The zero-order chi connectivity index (χ0) is 13.9. The minimum absolute atomic E-state index is 0. The highest BCUT2D eigenvalue weighted by atomic mass is 79.9. The number of fused-ring (bicyclic) bond motifs is 1. The van der Waals surface area contributed by atoms with E-state index in [0.717, 1.165) is 21.9 Å². The van der Waals surface area contributed by atoms with E-state index in [-0.39, 0.29) is 22.8 Å². The number of carbonyl (C=O) groups is 1. The van der Waals surface area contributed by atoms with Gasteiger partial charge in [0, 0.05) is 17.2 Å². The fraction of sp³-hybridized carbons (Fsp3) is 0.111. The summed E-state index contributed by atoms with van der Waals surface area (Å²) in [6.07, 6.45) is 3.91. The average Bonchev–Trinajstić information content (AvgIpc) is 2.47. The summed E-state index contributed by atoms with van der Waals surface area (Å²) in [6, 6.07) is 17.9. The van der Waals surface area contributed by atoms with Crippen molar-refractivity contribution >= 4 is 16.6 Å². The first kappa shape index (κ1) is 15.4. The van der Waals surface area contributed by atoms with Crippen LogP contribution in [-0.2, 0) is 6.54 Å². The van der Waals surface area contributed by atoms with Gasteiger partial charge in [-0.2, -0.15) is 4.57 Å². The molecule has 2 aromatic carbocycles. The van der Waals surface area contributed by atoms with Gasteiger partial charge in [0.15, 0.2) is 12.4 Å². The number of rotatable bonds is 3. The van der Waals surface area contributed by atoms with Gasteiger partial charge in [0.05, 0.1) is 0 Å². The maximum absolute atomic E-state index is 12.3. The zero-order valence-electron chi connectivity index (χ0n) is 11.8. The number of aryl methyl sites for hydroxylation is 1. The van der Waals surface area contributed by atoms with Gasteiger partial charge in [0.2, 0.25) is 12.3 Å². The Morgan fingerprint density at radius 2 is 1.76 bits per heavy atom. The molecule has 21 heavy (non-hydrogen) atoms. The first-order chi connectivity index (χ1) is 9.72. The number of benzene rings is 2. The van der Waals surface area contributed by atoms with Crippen molar-refractivity contribution in [2.45, 2.75) is 13.5 Å². The third-order valence-corrected chi connectivity index (χ3v) is 3.40. The van der Waals surface area contributed by atoms with Crippen LogP contribution in [-0.4, -0.2) is 5.78 Å². The van der Waals surface area contributed by atoms with Crippen molar-refractivity contribution < 1.29 is 26.3 Å². The van der Waals surface area contributed by atoms with Crippen LogP contribution in [0.4, 0.5) is 0 Å². The van der Waals surface area contributed by atoms with Crippen LogP contribution in [0.5, 0.6) is 0 Å². The second-order valence-corrected chi connectivity index (χ2v) is 5.04. The first-order valence-electron chi connectivity index (χ1n) is 6.70. The molecule has 0 amide bonds. The number of Topliss-reactive ketones (excluding diaryl/α,β-unsaturated/α-hetero) is 1. The highest BCUT2D eigenvalue weighted by Crippen LogP contribution is 2.15. The molecule has 3 heteroatoms. The average molecular weight is 342 g/mol. The van der Waals surface area contributed by atoms with E-state index in [1.807, 2.05) is 72.4 Å². The number of hydrogen-bond donors (Lipinski definition) is 0. The number of ketones is 1. The molecular weight excluding hydrogens is 326 g/mol. The Kier molecular flexibility index (Phi) is 4.86. The van der Waals surface area contributed by atoms with Gasteiger partial charge in [0.1, 0.15) is 0 Å². The summed E-state index contributed by atoms with van der Waals surface area (Å²) in [5.74, 6) is 0.131. The van der Waals surface area contributed by atoms with Crippen molar-refractivity contribution in [3.63, 3.8) is 0 Å². The van der Waals surface area contributed by atoms with E-state index in [1.165, 1.54) is 0 Å². The van der Waals surface area contributed by atoms with Crippen molar-refractivity contribution in [1.82, 2.24) is 0 Å². The number of aromatic nitrogens is 1. The molecule has 0 atom stereocenters. The van der Waals surface area contributed by atoms with E-state index >= 15 is 0 Å². The predicted molar refractivity (Wildman–Crippen MR) is 79.7 cm³/mol. The number of hydrogen-bond acceptors (Lipinski definition) is 1. The molecule has 0 aliphatic rings. The summed E-state index contributed by atoms with van der Waals surface area (Å²) < 4.78 is 1.92. The highest BCUT2D eigenvalue weighted by Gasteiger charge is 2.12. The third-order valence-electron chi connectivity index (χ3n) is 3.40. The molecule has 0 radical (unpaired) electrons. The molecular formula is C18H16BrNO. The number of nitrogens with zero attached hydrogens (tertiary/aromatic N) is 1. The molecule has 0 N–H and O–H groups in total. The van der Waals surface area contributed by atoms with Gasteiger partial charge in [-0.15, -0.1) is 0 Å². The molecule has 0 saturated carbocycles. The van der Waals surface area contributed by atoms with Crippen LogP contribution >= 0.6 is 0 Å². The molecule has 0 bridgehead atoms. The van der Waals surface area contributed by atoms with Crippen molar-refractivity contribution in [3.05, 3.63) is 78.1 Å². The van der Waals surface area contributed by atoms with Gasteiger partial charge in [-0.1, -0.05) is 36.4 Å². The van der Waals surface area contributed by atoms with Crippen LogP contribution in [0.1, 0.15) is 15.9 Å². The first-order valence-corrected chi connectivity index (χ1v) is 6.70. The Labute approximate surface area is 134 Å². The maximum atomic E-state index is 12.3. The quantitative estimate of drug-likeness (QED) is 0.496. The number of pyridine rings is 1. The highest BCUT2D eigenvalue weighted by molar-refractivity contribution is 5.99. The summed E-state index contributed by atoms with van der Waals surface area (Å²) in [5.41, 5.74) is 1.91. The smallest absolute Gasteiger partial charge is 0.227 e. The molecule has 0 aliphatic heterocycles. The van der Waals surface area contributed by atoms with Crippen LogP contribution in [0.2, 0.25) is 0 Å². The van der Waals surface area contributed by atoms with Crippen molar-refractivity contribution in [3.8, 4) is 0 Å².